The second-order valence-corrected chi connectivity index (χ2v) is 4.49. The highest BCUT2D eigenvalue weighted by molar-refractivity contribution is 6.30. The van der Waals surface area contributed by atoms with Crippen LogP contribution >= 0.6 is 11.6 Å². The van der Waals surface area contributed by atoms with Crippen LogP contribution in [0.1, 0.15) is 18.9 Å². The van der Waals surface area contributed by atoms with Crippen molar-refractivity contribution in [2.75, 3.05) is 19.7 Å². The highest BCUT2D eigenvalue weighted by Gasteiger charge is 2.07. The number of guanidine groups is 1. The van der Waals surface area contributed by atoms with Crippen LogP contribution in [0.15, 0.2) is 23.2 Å². The predicted octanol–water partition coefficient (Wildman–Crippen LogP) is 2.18. The Kier molecular flexibility index (Phi) is 4.70. The molecule has 4 nitrogen and oxygen atoms in total. The van der Waals surface area contributed by atoms with Gasteiger partial charge in [-0.3, -0.25) is 4.99 Å². The molecule has 1 aliphatic heterocycles. The zero-order valence-electron chi connectivity index (χ0n) is 10.5. The average molecular weight is 268 g/mol. The third kappa shape index (κ3) is 3.53. The Morgan fingerprint density at radius 2 is 2.39 bits per heavy atom. The van der Waals surface area contributed by atoms with E-state index in [0.29, 0.717) is 18.2 Å². The van der Waals surface area contributed by atoms with Crippen LogP contribution in [-0.4, -0.2) is 25.7 Å². The van der Waals surface area contributed by atoms with Crippen molar-refractivity contribution >= 4 is 17.6 Å². The van der Waals surface area contributed by atoms with Gasteiger partial charge in [0.1, 0.15) is 5.75 Å². The summed E-state index contributed by atoms with van der Waals surface area (Å²) in [5.74, 6) is 1.69. The van der Waals surface area contributed by atoms with Gasteiger partial charge in [0.05, 0.1) is 6.61 Å². The molecule has 98 valence electrons. The fourth-order valence-corrected chi connectivity index (χ4v) is 1.96. The molecular formula is C13H18ClN3O. The van der Waals surface area contributed by atoms with E-state index >= 15 is 0 Å². The van der Waals surface area contributed by atoms with Gasteiger partial charge in [0, 0.05) is 30.2 Å². The highest BCUT2D eigenvalue weighted by Crippen LogP contribution is 2.23. The lowest BCUT2D eigenvalue weighted by Crippen LogP contribution is -2.40. The van der Waals surface area contributed by atoms with E-state index in [2.05, 4.69) is 15.6 Å². The maximum atomic E-state index is 5.96. The second-order valence-electron chi connectivity index (χ2n) is 4.05. The number of benzene rings is 1. The Hall–Kier alpha value is -1.42. The van der Waals surface area contributed by atoms with Crippen LogP contribution in [0.2, 0.25) is 5.02 Å². The lowest BCUT2D eigenvalue weighted by atomic mass is 10.2. The van der Waals surface area contributed by atoms with Crippen LogP contribution in [-0.2, 0) is 6.54 Å². The number of hydrogen-bond acceptors (Lipinski definition) is 4. The summed E-state index contributed by atoms with van der Waals surface area (Å²) in [7, 11) is 0. The van der Waals surface area contributed by atoms with E-state index in [4.69, 9.17) is 16.3 Å². The standard InChI is InChI=1S/C13H18ClN3O/c1-2-18-12-8-11(14)5-4-10(12)9-17-13-15-6-3-7-16-13/h4-5,8H,2-3,6-7,9H2,1H3,(H2,15,16,17). The zero-order valence-corrected chi connectivity index (χ0v) is 11.3. The van der Waals surface area contributed by atoms with Gasteiger partial charge in [-0.2, -0.15) is 0 Å². The largest absolute Gasteiger partial charge is 0.493 e. The van der Waals surface area contributed by atoms with Crippen LogP contribution in [0.25, 0.3) is 0 Å². The van der Waals surface area contributed by atoms with E-state index in [-0.39, 0.29) is 0 Å². The van der Waals surface area contributed by atoms with E-state index in [1.807, 2.05) is 25.1 Å². The summed E-state index contributed by atoms with van der Waals surface area (Å²) in [5.41, 5.74) is 1.08. The monoisotopic (exact) mass is 267 g/mol. The van der Waals surface area contributed by atoms with E-state index in [1.54, 1.807) is 0 Å². The molecule has 0 aromatic heterocycles. The van der Waals surface area contributed by atoms with Crippen molar-refractivity contribution in [3.8, 4) is 5.75 Å². The van der Waals surface area contributed by atoms with Gasteiger partial charge < -0.3 is 15.4 Å². The Bertz CT molecular complexity index is 434. The fourth-order valence-electron chi connectivity index (χ4n) is 1.79. The van der Waals surface area contributed by atoms with E-state index in [9.17, 15) is 0 Å². The van der Waals surface area contributed by atoms with Gasteiger partial charge in [-0.05, 0) is 25.5 Å². The first-order valence-electron chi connectivity index (χ1n) is 6.23. The molecule has 1 aromatic carbocycles. The van der Waals surface area contributed by atoms with Crippen LogP contribution < -0.4 is 15.4 Å². The van der Waals surface area contributed by atoms with Crippen LogP contribution in [0.3, 0.4) is 0 Å². The molecule has 0 unspecified atom stereocenters. The number of ether oxygens (including phenoxy) is 1. The molecule has 0 amide bonds. The first-order chi connectivity index (χ1) is 8.79. The van der Waals surface area contributed by atoms with Gasteiger partial charge in [0.25, 0.3) is 0 Å². The van der Waals surface area contributed by atoms with Crippen LogP contribution in [0.5, 0.6) is 5.75 Å². The third-order valence-corrected chi connectivity index (χ3v) is 2.91. The average Bonchev–Trinajstić information content (AvgIpc) is 2.39. The molecule has 0 fully saturated rings. The maximum Gasteiger partial charge on any atom is 0.191 e. The molecule has 1 aromatic rings. The maximum absolute atomic E-state index is 5.96. The van der Waals surface area contributed by atoms with Crippen molar-refractivity contribution in [2.45, 2.75) is 19.9 Å². The third-order valence-electron chi connectivity index (χ3n) is 2.67. The zero-order chi connectivity index (χ0) is 12.8. The number of rotatable bonds is 4. The van der Waals surface area contributed by atoms with E-state index in [1.165, 1.54) is 0 Å². The lowest BCUT2D eigenvalue weighted by Gasteiger charge is -2.17. The number of hydrogen-bond donors (Lipinski definition) is 2. The van der Waals surface area contributed by atoms with Gasteiger partial charge in [-0.15, -0.1) is 0 Å². The Labute approximate surface area is 112 Å². The minimum Gasteiger partial charge on any atom is -0.493 e. The quantitative estimate of drug-likeness (QED) is 0.879. The Morgan fingerprint density at radius 1 is 1.50 bits per heavy atom. The second kappa shape index (κ2) is 6.50. The van der Waals surface area contributed by atoms with Crippen LogP contribution in [0, 0.1) is 0 Å². The molecule has 2 N–H and O–H groups in total. The van der Waals surface area contributed by atoms with Gasteiger partial charge in [0.2, 0.25) is 0 Å². The Morgan fingerprint density at radius 3 is 3.11 bits per heavy atom. The summed E-state index contributed by atoms with van der Waals surface area (Å²) in [6.45, 7) is 5.13. The first kappa shape index (κ1) is 13.0. The van der Waals surface area contributed by atoms with E-state index < -0.39 is 0 Å². The van der Waals surface area contributed by atoms with Crippen molar-refractivity contribution in [1.82, 2.24) is 10.6 Å². The topological polar surface area (TPSA) is 45.6 Å². The number of nitrogens with one attached hydrogen (secondary N) is 2. The molecule has 0 spiro atoms. The van der Waals surface area contributed by atoms with Gasteiger partial charge in [0.15, 0.2) is 5.96 Å². The molecule has 1 heterocycles. The first-order valence-corrected chi connectivity index (χ1v) is 6.61. The fraction of sp³-hybridized carbons (Fsp3) is 0.462. The lowest BCUT2D eigenvalue weighted by molar-refractivity contribution is 0.336. The predicted molar refractivity (Wildman–Crippen MR) is 74.4 cm³/mol. The Balaban J connectivity index is 2.01. The molecule has 0 atom stereocenters. The molecule has 0 bridgehead atoms. The molecule has 0 aliphatic carbocycles. The summed E-state index contributed by atoms with van der Waals surface area (Å²) in [6.07, 6.45) is 1.09. The molecule has 0 radical (unpaired) electrons. The number of nitrogens with zero attached hydrogens (tertiary/aromatic N) is 1. The summed E-state index contributed by atoms with van der Waals surface area (Å²) >= 11 is 5.96. The molecular weight excluding hydrogens is 250 g/mol. The number of halogens is 1. The summed E-state index contributed by atoms with van der Waals surface area (Å²) in [5, 5.41) is 7.19. The smallest absolute Gasteiger partial charge is 0.191 e. The summed E-state index contributed by atoms with van der Waals surface area (Å²) in [4.78, 5) is 4.37. The molecule has 0 saturated heterocycles. The van der Waals surface area contributed by atoms with Crippen molar-refractivity contribution in [3.05, 3.63) is 28.8 Å². The van der Waals surface area contributed by atoms with Crippen molar-refractivity contribution < 1.29 is 4.74 Å². The number of aliphatic imine (C=N–C) groups is 1. The van der Waals surface area contributed by atoms with Crippen LogP contribution in [0.4, 0.5) is 0 Å². The SMILES string of the molecule is CCOc1cc(Cl)ccc1CNC1=NCCCN1. The van der Waals surface area contributed by atoms with Gasteiger partial charge in [-0.25, -0.2) is 0 Å². The minimum atomic E-state index is 0.631. The summed E-state index contributed by atoms with van der Waals surface area (Å²) in [6, 6.07) is 5.69. The highest BCUT2D eigenvalue weighted by atomic mass is 35.5. The normalized spacial score (nSPS) is 14.7. The van der Waals surface area contributed by atoms with Gasteiger partial charge >= 0.3 is 0 Å². The molecule has 0 saturated carbocycles. The van der Waals surface area contributed by atoms with E-state index in [0.717, 1.165) is 36.8 Å². The molecule has 2 rings (SSSR count). The van der Waals surface area contributed by atoms with Crippen molar-refractivity contribution in [2.24, 2.45) is 4.99 Å². The van der Waals surface area contributed by atoms with Crippen molar-refractivity contribution in [3.63, 3.8) is 0 Å². The molecule has 5 heteroatoms. The van der Waals surface area contributed by atoms with Crippen molar-refractivity contribution in [1.29, 1.82) is 0 Å². The molecule has 18 heavy (non-hydrogen) atoms. The minimum absolute atomic E-state index is 0.631. The molecule has 1 aliphatic rings. The van der Waals surface area contributed by atoms with Gasteiger partial charge in [-0.1, -0.05) is 17.7 Å². The summed E-state index contributed by atoms with van der Waals surface area (Å²) < 4.78 is 5.57.